The van der Waals surface area contributed by atoms with Crippen LogP contribution in [0.2, 0.25) is 0 Å². The van der Waals surface area contributed by atoms with Crippen molar-refractivity contribution in [2.45, 2.75) is 45.6 Å². The number of carboxylic acid groups (broad SMARTS) is 1. The molecule has 18 heavy (non-hydrogen) atoms. The van der Waals surface area contributed by atoms with E-state index in [1.54, 1.807) is 0 Å². The van der Waals surface area contributed by atoms with Crippen LogP contribution in [-0.2, 0) is 14.3 Å². The zero-order valence-corrected chi connectivity index (χ0v) is 11.4. The van der Waals surface area contributed by atoms with E-state index in [9.17, 15) is 9.59 Å². The van der Waals surface area contributed by atoms with Gasteiger partial charge in [0.15, 0.2) is 6.10 Å². The first kappa shape index (κ1) is 15.0. The van der Waals surface area contributed by atoms with Crippen LogP contribution in [0.15, 0.2) is 0 Å². The van der Waals surface area contributed by atoms with E-state index >= 15 is 0 Å². The summed E-state index contributed by atoms with van der Waals surface area (Å²) in [5.41, 5.74) is -0.273. The van der Waals surface area contributed by atoms with Crippen LogP contribution >= 0.6 is 0 Å². The largest absolute Gasteiger partial charge is 0.479 e. The zero-order valence-electron chi connectivity index (χ0n) is 11.4. The van der Waals surface area contributed by atoms with Crippen molar-refractivity contribution in [2.75, 3.05) is 13.7 Å². The highest BCUT2D eigenvalue weighted by molar-refractivity contribution is 5.84. The average molecular weight is 257 g/mol. The molecule has 0 aromatic carbocycles. The number of hydrogen-bond acceptors (Lipinski definition) is 3. The Kier molecular flexibility index (Phi) is 5.14. The minimum atomic E-state index is -1.05. The maximum Gasteiger partial charge on any atom is 0.334 e. The highest BCUT2D eigenvalue weighted by atomic mass is 16.5. The van der Waals surface area contributed by atoms with Gasteiger partial charge in [-0.1, -0.05) is 20.3 Å². The van der Waals surface area contributed by atoms with Crippen molar-refractivity contribution in [1.82, 2.24) is 5.32 Å². The van der Waals surface area contributed by atoms with Crippen molar-refractivity contribution in [3.63, 3.8) is 0 Å². The second kappa shape index (κ2) is 6.18. The first-order chi connectivity index (χ1) is 8.41. The van der Waals surface area contributed by atoms with Crippen molar-refractivity contribution in [3.05, 3.63) is 0 Å². The molecule has 0 saturated heterocycles. The molecule has 0 aliphatic heterocycles. The molecule has 1 unspecified atom stereocenters. The van der Waals surface area contributed by atoms with Gasteiger partial charge in [-0.15, -0.1) is 0 Å². The van der Waals surface area contributed by atoms with Gasteiger partial charge in [-0.3, -0.25) is 4.79 Å². The summed E-state index contributed by atoms with van der Waals surface area (Å²) in [4.78, 5) is 22.9. The van der Waals surface area contributed by atoms with Crippen molar-refractivity contribution in [2.24, 2.45) is 11.3 Å². The van der Waals surface area contributed by atoms with Crippen molar-refractivity contribution >= 4 is 11.9 Å². The normalized spacial score (nSPS) is 19.1. The zero-order chi connectivity index (χ0) is 13.8. The molecule has 2 N–H and O–H groups in total. The fourth-order valence-electron chi connectivity index (χ4n) is 2.55. The van der Waals surface area contributed by atoms with E-state index in [1.807, 2.05) is 0 Å². The number of rotatable bonds is 7. The summed E-state index contributed by atoms with van der Waals surface area (Å²) >= 11 is 0. The molecule has 1 rings (SSSR count). The van der Waals surface area contributed by atoms with Gasteiger partial charge in [0.1, 0.15) is 0 Å². The molecule has 5 heteroatoms. The molecule has 1 fully saturated rings. The standard InChI is InChI=1S/C13H23NO4/c1-9(2)7-13(5-4-6-13)12(17)14-8-10(18-3)11(15)16/h9-10H,4-8H2,1-3H3,(H,14,17)(H,15,16). The minimum absolute atomic E-state index is 0.0225. The van der Waals surface area contributed by atoms with E-state index in [0.29, 0.717) is 5.92 Å². The molecule has 0 spiro atoms. The lowest BCUT2D eigenvalue weighted by Gasteiger charge is -2.41. The van der Waals surface area contributed by atoms with Crippen LogP contribution in [0, 0.1) is 11.3 Å². The molecule has 0 bridgehead atoms. The van der Waals surface area contributed by atoms with Gasteiger partial charge in [0, 0.05) is 12.5 Å². The maximum atomic E-state index is 12.2. The van der Waals surface area contributed by atoms with E-state index in [0.717, 1.165) is 25.7 Å². The molecule has 1 aliphatic rings. The Labute approximate surface area is 108 Å². The van der Waals surface area contributed by atoms with Crippen molar-refractivity contribution in [1.29, 1.82) is 0 Å². The van der Waals surface area contributed by atoms with Crippen LogP contribution in [0.1, 0.15) is 39.5 Å². The molecule has 5 nitrogen and oxygen atoms in total. The third kappa shape index (κ3) is 3.45. The molecular formula is C13H23NO4. The first-order valence-corrected chi connectivity index (χ1v) is 6.45. The number of carbonyl (C=O) groups is 2. The number of nitrogens with one attached hydrogen (secondary N) is 1. The van der Waals surface area contributed by atoms with Gasteiger partial charge in [-0.05, 0) is 25.2 Å². The third-order valence-electron chi connectivity index (χ3n) is 3.60. The summed E-state index contributed by atoms with van der Waals surface area (Å²) in [6.45, 7) is 4.23. The number of carbonyl (C=O) groups excluding carboxylic acids is 1. The quantitative estimate of drug-likeness (QED) is 0.723. The van der Waals surface area contributed by atoms with Gasteiger partial charge >= 0.3 is 5.97 Å². The molecule has 0 radical (unpaired) electrons. The van der Waals surface area contributed by atoms with Crippen LogP contribution in [0.3, 0.4) is 0 Å². The number of carboxylic acids is 1. The molecular weight excluding hydrogens is 234 g/mol. The van der Waals surface area contributed by atoms with Crippen molar-refractivity contribution < 1.29 is 19.4 Å². The molecule has 0 heterocycles. The van der Waals surface area contributed by atoms with Crippen LogP contribution < -0.4 is 5.32 Å². The van der Waals surface area contributed by atoms with Crippen LogP contribution in [0.5, 0.6) is 0 Å². The van der Waals surface area contributed by atoms with E-state index < -0.39 is 12.1 Å². The van der Waals surface area contributed by atoms with Crippen LogP contribution in [0.25, 0.3) is 0 Å². The number of hydrogen-bond donors (Lipinski definition) is 2. The van der Waals surface area contributed by atoms with Gasteiger partial charge in [0.25, 0.3) is 0 Å². The summed E-state index contributed by atoms with van der Waals surface area (Å²) in [6.07, 6.45) is 2.78. The van der Waals surface area contributed by atoms with Gasteiger partial charge < -0.3 is 15.2 Å². The van der Waals surface area contributed by atoms with Crippen molar-refractivity contribution in [3.8, 4) is 0 Å². The second-order valence-electron chi connectivity index (χ2n) is 5.50. The van der Waals surface area contributed by atoms with Gasteiger partial charge in [0.05, 0.1) is 6.54 Å². The molecule has 0 aromatic heterocycles. The molecule has 1 saturated carbocycles. The number of methoxy groups -OCH3 is 1. The SMILES string of the molecule is COC(CNC(=O)C1(CC(C)C)CCC1)C(=O)O. The van der Waals surface area contributed by atoms with E-state index in [2.05, 4.69) is 19.2 Å². The molecule has 1 amide bonds. The Morgan fingerprint density at radius 1 is 1.39 bits per heavy atom. The summed E-state index contributed by atoms with van der Waals surface area (Å²) in [7, 11) is 1.33. The lowest BCUT2D eigenvalue weighted by molar-refractivity contribution is -0.149. The summed E-state index contributed by atoms with van der Waals surface area (Å²) < 4.78 is 4.79. The average Bonchev–Trinajstić information content (AvgIpc) is 2.23. The lowest BCUT2D eigenvalue weighted by atomic mass is 9.64. The highest BCUT2D eigenvalue weighted by Gasteiger charge is 2.44. The second-order valence-corrected chi connectivity index (χ2v) is 5.50. The lowest BCUT2D eigenvalue weighted by Crippen LogP contribution is -2.49. The van der Waals surface area contributed by atoms with Gasteiger partial charge in [-0.2, -0.15) is 0 Å². The number of ether oxygens (including phenoxy) is 1. The monoisotopic (exact) mass is 257 g/mol. The topological polar surface area (TPSA) is 75.6 Å². The predicted molar refractivity (Wildman–Crippen MR) is 67.2 cm³/mol. The third-order valence-corrected chi connectivity index (χ3v) is 3.60. The van der Waals surface area contributed by atoms with Crippen LogP contribution in [-0.4, -0.2) is 36.7 Å². The smallest absolute Gasteiger partial charge is 0.334 e. The summed E-state index contributed by atoms with van der Waals surface area (Å²) in [6, 6.07) is 0. The molecule has 1 atom stereocenters. The predicted octanol–water partition coefficient (Wildman–Crippen LogP) is 1.42. The number of amides is 1. The molecule has 104 valence electrons. The fraction of sp³-hybridized carbons (Fsp3) is 0.846. The fourth-order valence-corrected chi connectivity index (χ4v) is 2.55. The first-order valence-electron chi connectivity index (χ1n) is 6.45. The number of aliphatic carboxylic acids is 1. The molecule has 1 aliphatic carbocycles. The van der Waals surface area contributed by atoms with E-state index in [4.69, 9.17) is 9.84 Å². The van der Waals surface area contributed by atoms with Crippen LogP contribution in [0.4, 0.5) is 0 Å². The highest BCUT2D eigenvalue weighted by Crippen LogP contribution is 2.46. The Morgan fingerprint density at radius 2 is 2.00 bits per heavy atom. The Morgan fingerprint density at radius 3 is 2.33 bits per heavy atom. The summed E-state index contributed by atoms with van der Waals surface area (Å²) in [5, 5.41) is 11.5. The maximum absolute atomic E-state index is 12.2. The van der Waals surface area contributed by atoms with E-state index in [-0.39, 0.29) is 17.9 Å². The Bertz CT molecular complexity index is 310. The summed E-state index contributed by atoms with van der Waals surface area (Å²) in [5.74, 6) is -0.608. The Balaban J connectivity index is 2.50. The minimum Gasteiger partial charge on any atom is -0.479 e. The van der Waals surface area contributed by atoms with E-state index in [1.165, 1.54) is 7.11 Å². The Hall–Kier alpha value is -1.10. The van der Waals surface area contributed by atoms with Gasteiger partial charge in [-0.25, -0.2) is 4.79 Å². The van der Waals surface area contributed by atoms with Gasteiger partial charge in [0.2, 0.25) is 5.91 Å². The molecule has 0 aromatic rings.